The topological polar surface area (TPSA) is 83.5 Å². The highest BCUT2D eigenvalue weighted by Gasteiger charge is 2.44. The third-order valence-electron chi connectivity index (χ3n) is 2.52. The van der Waals surface area contributed by atoms with Gasteiger partial charge < -0.3 is 5.11 Å². The summed E-state index contributed by atoms with van der Waals surface area (Å²) >= 11 is 0. The lowest BCUT2D eigenvalue weighted by molar-refractivity contribution is -0.144. The van der Waals surface area contributed by atoms with Crippen LogP contribution in [0, 0.1) is 0 Å². The number of nitrogens with one attached hydrogen (secondary N) is 1. The SMILES string of the molecule is C=CCNC1(C(=O)O)CCCS(=O)(=O)C1. The molecule has 1 aliphatic rings. The van der Waals surface area contributed by atoms with Crippen LogP contribution < -0.4 is 5.32 Å². The maximum Gasteiger partial charge on any atom is 0.324 e. The monoisotopic (exact) mass is 233 g/mol. The molecule has 2 N–H and O–H groups in total. The lowest BCUT2D eigenvalue weighted by atomic mass is 9.95. The van der Waals surface area contributed by atoms with E-state index in [1.807, 2.05) is 0 Å². The predicted octanol–water partition coefficient (Wildman–Crippen LogP) is -0.206. The van der Waals surface area contributed by atoms with Crippen LogP contribution in [0.2, 0.25) is 0 Å². The first-order chi connectivity index (χ1) is 6.92. The van der Waals surface area contributed by atoms with Crippen molar-refractivity contribution in [3.8, 4) is 0 Å². The Morgan fingerprint density at radius 1 is 1.60 bits per heavy atom. The van der Waals surface area contributed by atoms with Crippen molar-refractivity contribution in [1.29, 1.82) is 0 Å². The van der Waals surface area contributed by atoms with Crippen LogP contribution in [0.5, 0.6) is 0 Å². The number of rotatable bonds is 4. The first kappa shape index (κ1) is 12.2. The van der Waals surface area contributed by atoms with E-state index in [4.69, 9.17) is 5.11 Å². The van der Waals surface area contributed by atoms with Crippen molar-refractivity contribution in [3.05, 3.63) is 12.7 Å². The van der Waals surface area contributed by atoms with E-state index in [0.717, 1.165) is 0 Å². The summed E-state index contributed by atoms with van der Waals surface area (Å²) in [5.41, 5.74) is -1.33. The van der Waals surface area contributed by atoms with Gasteiger partial charge in [0.05, 0.1) is 11.5 Å². The molecule has 1 rings (SSSR count). The Morgan fingerprint density at radius 2 is 2.27 bits per heavy atom. The highest BCUT2D eigenvalue weighted by Crippen LogP contribution is 2.23. The third-order valence-corrected chi connectivity index (χ3v) is 4.36. The number of sulfone groups is 1. The molecule has 0 amide bonds. The Hall–Kier alpha value is -0.880. The molecule has 0 aliphatic carbocycles. The van der Waals surface area contributed by atoms with E-state index in [1.54, 1.807) is 0 Å². The van der Waals surface area contributed by atoms with Gasteiger partial charge in [-0.2, -0.15) is 0 Å². The van der Waals surface area contributed by atoms with Gasteiger partial charge in [0.2, 0.25) is 0 Å². The van der Waals surface area contributed by atoms with Crippen molar-refractivity contribution in [1.82, 2.24) is 5.32 Å². The van der Waals surface area contributed by atoms with Gasteiger partial charge in [0.1, 0.15) is 5.54 Å². The molecular weight excluding hydrogens is 218 g/mol. The first-order valence-corrected chi connectivity index (χ1v) is 6.54. The van der Waals surface area contributed by atoms with E-state index in [-0.39, 0.29) is 11.5 Å². The number of carboxylic acids is 1. The molecule has 1 fully saturated rings. The fourth-order valence-electron chi connectivity index (χ4n) is 1.76. The normalized spacial score (nSPS) is 29.6. The van der Waals surface area contributed by atoms with Crippen LogP contribution in [0.15, 0.2) is 12.7 Å². The van der Waals surface area contributed by atoms with Gasteiger partial charge in [-0.1, -0.05) is 6.08 Å². The Balaban J connectivity index is 2.90. The molecule has 0 aromatic carbocycles. The van der Waals surface area contributed by atoms with Crippen LogP contribution in [-0.4, -0.2) is 43.1 Å². The molecule has 1 atom stereocenters. The summed E-state index contributed by atoms with van der Waals surface area (Å²) in [6, 6.07) is 0. The van der Waals surface area contributed by atoms with Crippen molar-refractivity contribution < 1.29 is 18.3 Å². The van der Waals surface area contributed by atoms with Gasteiger partial charge in [-0.3, -0.25) is 10.1 Å². The maximum atomic E-state index is 11.4. The number of hydrogen-bond acceptors (Lipinski definition) is 4. The second kappa shape index (κ2) is 4.32. The highest BCUT2D eigenvalue weighted by molar-refractivity contribution is 7.91. The van der Waals surface area contributed by atoms with Crippen molar-refractivity contribution in [3.63, 3.8) is 0 Å². The van der Waals surface area contributed by atoms with Crippen LogP contribution >= 0.6 is 0 Å². The lowest BCUT2D eigenvalue weighted by Crippen LogP contribution is -2.59. The number of hydrogen-bond donors (Lipinski definition) is 2. The maximum absolute atomic E-state index is 11.4. The van der Waals surface area contributed by atoms with Gasteiger partial charge in [0.15, 0.2) is 9.84 Å². The summed E-state index contributed by atoms with van der Waals surface area (Å²) in [5, 5.41) is 11.8. The third kappa shape index (κ3) is 2.79. The molecule has 86 valence electrons. The minimum atomic E-state index is -3.24. The van der Waals surface area contributed by atoms with E-state index >= 15 is 0 Å². The van der Waals surface area contributed by atoms with Gasteiger partial charge in [0, 0.05) is 6.54 Å². The highest BCUT2D eigenvalue weighted by atomic mass is 32.2. The fourth-order valence-corrected chi connectivity index (χ4v) is 3.61. The first-order valence-electron chi connectivity index (χ1n) is 4.72. The van der Waals surface area contributed by atoms with E-state index in [0.29, 0.717) is 19.4 Å². The van der Waals surface area contributed by atoms with Crippen LogP contribution in [0.1, 0.15) is 12.8 Å². The Kier molecular flexibility index (Phi) is 3.51. The Bertz CT molecular complexity index is 362. The zero-order valence-corrected chi connectivity index (χ0v) is 9.22. The van der Waals surface area contributed by atoms with Crippen LogP contribution in [0.3, 0.4) is 0 Å². The average Bonchev–Trinajstić information content (AvgIpc) is 2.13. The molecule has 5 nitrogen and oxygen atoms in total. The molecular formula is C9H15NO4S. The molecule has 1 unspecified atom stereocenters. The van der Waals surface area contributed by atoms with Crippen LogP contribution in [0.25, 0.3) is 0 Å². The number of carbonyl (C=O) groups is 1. The van der Waals surface area contributed by atoms with Crippen LogP contribution in [0.4, 0.5) is 0 Å². The summed E-state index contributed by atoms with van der Waals surface area (Å²) in [6.07, 6.45) is 2.25. The summed E-state index contributed by atoms with van der Waals surface area (Å²) < 4.78 is 22.8. The Labute approximate surface area is 89.1 Å². The molecule has 0 spiro atoms. The predicted molar refractivity (Wildman–Crippen MR) is 56.5 cm³/mol. The van der Waals surface area contributed by atoms with Crippen molar-refractivity contribution in [2.45, 2.75) is 18.4 Å². The largest absolute Gasteiger partial charge is 0.480 e. The number of carboxylic acid groups (broad SMARTS) is 1. The lowest BCUT2D eigenvalue weighted by Gasteiger charge is -2.33. The second-order valence-corrected chi connectivity index (χ2v) is 5.94. The summed E-state index contributed by atoms with van der Waals surface area (Å²) in [4.78, 5) is 11.1. The van der Waals surface area contributed by atoms with E-state index in [1.165, 1.54) is 6.08 Å². The molecule has 1 aliphatic heterocycles. The minimum absolute atomic E-state index is 0.0812. The van der Waals surface area contributed by atoms with Gasteiger partial charge in [-0.15, -0.1) is 6.58 Å². The van der Waals surface area contributed by atoms with Gasteiger partial charge in [0.25, 0.3) is 0 Å². The van der Waals surface area contributed by atoms with E-state index in [2.05, 4.69) is 11.9 Å². The fraction of sp³-hybridized carbons (Fsp3) is 0.667. The van der Waals surface area contributed by atoms with Gasteiger partial charge in [-0.05, 0) is 12.8 Å². The van der Waals surface area contributed by atoms with Crippen molar-refractivity contribution in [2.75, 3.05) is 18.1 Å². The molecule has 1 saturated heterocycles. The van der Waals surface area contributed by atoms with Crippen LogP contribution in [-0.2, 0) is 14.6 Å². The molecule has 0 aromatic rings. The van der Waals surface area contributed by atoms with E-state index in [9.17, 15) is 13.2 Å². The molecule has 6 heteroatoms. The standard InChI is InChI=1S/C9H15NO4S/c1-2-5-10-9(8(11)12)4-3-6-15(13,14)7-9/h2,10H,1,3-7H2,(H,11,12). The van der Waals surface area contributed by atoms with Gasteiger partial charge in [-0.25, -0.2) is 8.42 Å². The molecule has 0 radical (unpaired) electrons. The zero-order chi connectivity index (χ0) is 11.5. The molecule has 0 bridgehead atoms. The zero-order valence-electron chi connectivity index (χ0n) is 8.40. The number of aliphatic carboxylic acids is 1. The summed E-state index contributed by atoms with van der Waals surface area (Å²) in [7, 11) is -3.24. The molecule has 0 saturated carbocycles. The quantitative estimate of drug-likeness (QED) is 0.657. The average molecular weight is 233 g/mol. The Morgan fingerprint density at radius 3 is 2.73 bits per heavy atom. The molecule has 1 heterocycles. The molecule has 15 heavy (non-hydrogen) atoms. The molecule has 0 aromatic heterocycles. The second-order valence-electron chi connectivity index (χ2n) is 3.75. The van der Waals surface area contributed by atoms with Crippen molar-refractivity contribution >= 4 is 15.8 Å². The van der Waals surface area contributed by atoms with Crippen molar-refractivity contribution in [2.24, 2.45) is 0 Å². The van der Waals surface area contributed by atoms with E-state index < -0.39 is 21.3 Å². The smallest absolute Gasteiger partial charge is 0.324 e. The summed E-state index contributed by atoms with van der Waals surface area (Å²) in [6.45, 7) is 3.76. The summed E-state index contributed by atoms with van der Waals surface area (Å²) in [5.74, 6) is -1.35. The minimum Gasteiger partial charge on any atom is -0.480 e. The van der Waals surface area contributed by atoms with Gasteiger partial charge >= 0.3 is 5.97 Å².